The molecule has 7 heteroatoms. The zero-order valence-corrected chi connectivity index (χ0v) is 16.4. The number of aryl methyl sites for hydroxylation is 2. The summed E-state index contributed by atoms with van der Waals surface area (Å²) in [6, 6.07) is 8.43. The molecule has 1 unspecified atom stereocenters. The topological polar surface area (TPSA) is 82.5 Å². The molecule has 1 atom stereocenters. The molecule has 1 amide bonds. The fourth-order valence-corrected chi connectivity index (χ4v) is 3.04. The van der Waals surface area contributed by atoms with Crippen LogP contribution < -0.4 is 15.6 Å². The van der Waals surface area contributed by atoms with E-state index in [-0.39, 0.29) is 23.3 Å². The number of hydrogen-bond acceptors (Lipinski definition) is 5. The molecule has 0 bridgehead atoms. The van der Waals surface area contributed by atoms with E-state index in [1.807, 2.05) is 32.0 Å². The van der Waals surface area contributed by atoms with Crippen LogP contribution in [0.3, 0.4) is 0 Å². The third-order valence-corrected chi connectivity index (χ3v) is 4.66. The molecule has 1 aliphatic heterocycles. The van der Waals surface area contributed by atoms with Gasteiger partial charge in [-0.3, -0.25) is 9.59 Å². The highest BCUT2D eigenvalue weighted by molar-refractivity contribution is 6.03. The molecule has 7 nitrogen and oxygen atoms in total. The Hall–Kier alpha value is -2.67. The van der Waals surface area contributed by atoms with Gasteiger partial charge in [-0.05, 0) is 49.9 Å². The van der Waals surface area contributed by atoms with E-state index in [9.17, 15) is 9.59 Å². The van der Waals surface area contributed by atoms with Gasteiger partial charge in [0.25, 0.3) is 11.5 Å². The summed E-state index contributed by atoms with van der Waals surface area (Å²) in [5, 5.41) is 7.04. The van der Waals surface area contributed by atoms with E-state index in [0.29, 0.717) is 24.6 Å². The third-order valence-electron chi connectivity index (χ3n) is 4.66. The van der Waals surface area contributed by atoms with Gasteiger partial charge in [0.15, 0.2) is 0 Å². The van der Waals surface area contributed by atoms with Crippen LogP contribution in [-0.4, -0.2) is 35.0 Å². The summed E-state index contributed by atoms with van der Waals surface area (Å²) in [4.78, 5) is 24.6. The molecule has 150 valence electrons. The van der Waals surface area contributed by atoms with E-state index >= 15 is 0 Å². The second-order valence-electron chi connectivity index (χ2n) is 7.03. The maximum Gasteiger partial charge on any atom is 0.276 e. The van der Waals surface area contributed by atoms with Crippen molar-refractivity contribution in [2.24, 2.45) is 0 Å². The Balaban J connectivity index is 1.73. The van der Waals surface area contributed by atoms with Crippen LogP contribution in [0.2, 0.25) is 0 Å². The fourth-order valence-electron chi connectivity index (χ4n) is 3.04. The lowest BCUT2D eigenvalue weighted by atomic mass is 10.2. The normalized spacial score (nSPS) is 16.1. The van der Waals surface area contributed by atoms with Crippen molar-refractivity contribution in [2.45, 2.75) is 52.2 Å². The molecular weight excluding hydrogens is 358 g/mol. The van der Waals surface area contributed by atoms with E-state index in [1.54, 1.807) is 0 Å². The zero-order chi connectivity index (χ0) is 19.9. The number of nitrogens with zero attached hydrogens (tertiary/aromatic N) is 2. The van der Waals surface area contributed by atoms with Crippen LogP contribution in [0.1, 0.15) is 48.7 Å². The second-order valence-corrected chi connectivity index (χ2v) is 7.03. The second kappa shape index (κ2) is 9.50. The van der Waals surface area contributed by atoms with Gasteiger partial charge in [-0.2, -0.15) is 5.10 Å². The molecule has 0 aliphatic carbocycles. The van der Waals surface area contributed by atoms with Crippen LogP contribution in [0.25, 0.3) is 0 Å². The number of anilines is 1. The molecule has 1 N–H and O–H groups in total. The number of rotatable bonds is 8. The molecule has 2 heterocycles. The molecule has 0 spiro atoms. The maximum atomic E-state index is 12.7. The van der Waals surface area contributed by atoms with E-state index in [4.69, 9.17) is 9.47 Å². The Morgan fingerprint density at radius 2 is 2.21 bits per heavy atom. The lowest BCUT2D eigenvalue weighted by Gasteiger charge is -2.16. The molecule has 1 aromatic heterocycles. The van der Waals surface area contributed by atoms with Gasteiger partial charge >= 0.3 is 0 Å². The minimum absolute atomic E-state index is 0.0906. The summed E-state index contributed by atoms with van der Waals surface area (Å²) in [5.41, 5.74) is 1.59. The van der Waals surface area contributed by atoms with Crippen molar-refractivity contribution >= 4 is 11.6 Å². The monoisotopic (exact) mass is 385 g/mol. The zero-order valence-electron chi connectivity index (χ0n) is 16.4. The van der Waals surface area contributed by atoms with Crippen molar-refractivity contribution in [2.75, 3.05) is 18.5 Å². The summed E-state index contributed by atoms with van der Waals surface area (Å²) in [5.74, 6) is 0.222. The van der Waals surface area contributed by atoms with Crippen molar-refractivity contribution in [3.8, 4) is 5.75 Å². The lowest BCUT2D eigenvalue weighted by Crippen LogP contribution is -2.26. The number of nitrogens with one attached hydrogen (secondary N) is 1. The Bertz CT molecular complexity index is 872. The Labute approximate surface area is 164 Å². The van der Waals surface area contributed by atoms with Gasteiger partial charge in [-0.25, -0.2) is 4.68 Å². The largest absolute Gasteiger partial charge is 0.489 e. The summed E-state index contributed by atoms with van der Waals surface area (Å²) >= 11 is 0. The van der Waals surface area contributed by atoms with Crippen molar-refractivity contribution in [3.05, 3.63) is 51.9 Å². The van der Waals surface area contributed by atoms with Gasteiger partial charge < -0.3 is 14.8 Å². The van der Waals surface area contributed by atoms with Gasteiger partial charge in [-0.15, -0.1) is 0 Å². The van der Waals surface area contributed by atoms with Crippen molar-refractivity contribution < 1.29 is 14.3 Å². The third kappa shape index (κ3) is 5.19. The number of aromatic nitrogens is 2. The van der Waals surface area contributed by atoms with Crippen LogP contribution in [0.15, 0.2) is 35.1 Å². The molecule has 2 aromatic rings. The van der Waals surface area contributed by atoms with Gasteiger partial charge in [0.05, 0.1) is 11.8 Å². The Morgan fingerprint density at radius 3 is 2.96 bits per heavy atom. The standard InChI is InChI=1S/C21H27N3O4/c1-3-4-11-24-20(25)10-9-18(23-24)21(26)22-17-8-7-15(2)13-19(17)28-14-16-6-5-12-27-16/h7-10,13,16H,3-6,11-12,14H2,1-2H3,(H,22,26). The van der Waals surface area contributed by atoms with Crippen LogP contribution in [0.4, 0.5) is 5.69 Å². The molecule has 1 aromatic carbocycles. The first-order chi connectivity index (χ1) is 13.6. The average molecular weight is 385 g/mol. The number of benzene rings is 1. The first kappa shape index (κ1) is 20.1. The van der Waals surface area contributed by atoms with Crippen molar-refractivity contribution in [3.63, 3.8) is 0 Å². The molecule has 1 aliphatic rings. The highest BCUT2D eigenvalue weighted by atomic mass is 16.5. The van der Waals surface area contributed by atoms with Gasteiger partial charge in [0.2, 0.25) is 0 Å². The predicted octanol–water partition coefficient (Wildman–Crippen LogP) is 3.16. The fraction of sp³-hybridized carbons (Fsp3) is 0.476. The van der Waals surface area contributed by atoms with Crippen LogP contribution >= 0.6 is 0 Å². The average Bonchev–Trinajstić information content (AvgIpc) is 3.21. The van der Waals surface area contributed by atoms with Crippen molar-refractivity contribution in [1.82, 2.24) is 9.78 Å². The van der Waals surface area contributed by atoms with Gasteiger partial charge in [0, 0.05) is 19.2 Å². The minimum atomic E-state index is -0.379. The molecule has 1 fully saturated rings. The first-order valence-corrected chi connectivity index (χ1v) is 9.81. The summed E-state index contributed by atoms with van der Waals surface area (Å²) < 4.78 is 12.9. The number of carbonyl (C=O) groups is 1. The van der Waals surface area contributed by atoms with Crippen LogP contribution in [0, 0.1) is 6.92 Å². The van der Waals surface area contributed by atoms with E-state index < -0.39 is 0 Å². The van der Waals surface area contributed by atoms with E-state index in [0.717, 1.165) is 37.9 Å². The SMILES string of the molecule is CCCCn1nc(C(=O)Nc2ccc(C)cc2OCC2CCCO2)ccc1=O. The molecule has 28 heavy (non-hydrogen) atoms. The van der Waals surface area contributed by atoms with Crippen LogP contribution in [-0.2, 0) is 11.3 Å². The lowest BCUT2D eigenvalue weighted by molar-refractivity contribution is 0.0681. The maximum absolute atomic E-state index is 12.7. The van der Waals surface area contributed by atoms with Crippen molar-refractivity contribution in [1.29, 1.82) is 0 Å². The highest BCUT2D eigenvalue weighted by Gasteiger charge is 2.18. The predicted molar refractivity (Wildman–Crippen MR) is 107 cm³/mol. The van der Waals surface area contributed by atoms with E-state index in [1.165, 1.54) is 16.8 Å². The molecule has 0 radical (unpaired) electrons. The smallest absolute Gasteiger partial charge is 0.276 e. The molecule has 3 rings (SSSR count). The Kier molecular flexibility index (Phi) is 6.81. The quantitative estimate of drug-likeness (QED) is 0.755. The number of hydrogen-bond donors (Lipinski definition) is 1. The van der Waals surface area contributed by atoms with Crippen LogP contribution in [0.5, 0.6) is 5.75 Å². The van der Waals surface area contributed by atoms with Gasteiger partial charge in [-0.1, -0.05) is 19.4 Å². The number of ether oxygens (including phenoxy) is 2. The van der Waals surface area contributed by atoms with E-state index in [2.05, 4.69) is 10.4 Å². The molecule has 1 saturated heterocycles. The minimum Gasteiger partial charge on any atom is -0.489 e. The summed E-state index contributed by atoms with van der Waals surface area (Å²) in [7, 11) is 0. The number of carbonyl (C=O) groups excluding carboxylic acids is 1. The number of unbranched alkanes of at least 4 members (excludes halogenated alkanes) is 1. The number of amides is 1. The molecular formula is C21H27N3O4. The molecule has 0 saturated carbocycles. The Morgan fingerprint density at radius 1 is 1.36 bits per heavy atom. The highest BCUT2D eigenvalue weighted by Crippen LogP contribution is 2.27. The summed E-state index contributed by atoms with van der Waals surface area (Å²) in [6.07, 6.45) is 3.89. The van der Waals surface area contributed by atoms with Gasteiger partial charge in [0.1, 0.15) is 18.1 Å². The summed E-state index contributed by atoms with van der Waals surface area (Å²) in [6.45, 7) is 5.72. The first-order valence-electron chi connectivity index (χ1n) is 9.81.